The molecule has 9 heteroatoms. The van der Waals surface area contributed by atoms with E-state index in [1.54, 1.807) is 0 Å². The van der Waals surface area contributed by atoms with E-state index < -0.39 is 21.7 Å². The summed E-state index contributed by atoms with van der Waals surface area (Å²) in [6, 6.07) is 13.7. The molecule has 30 heavy (non-hydrogen) atoms. The van der Waals surface area contributed by atoms with Crippen LogP contribution < -0.4 is 10.5 Å². The number of hydrogen-bond acceptors (Lipinski definition) is 6. The molecule has 0 spiro atoms. The molecule has 1 atom stereocenters. The maximum absolute atomic E-state index is 12.7. The van der Waals surface area contributed by atoms with Gasteiger partial charge < -0.3 is 9.15 Å². The lowest BCUT2D eigenvalue weighted by molar-refractivity contribution is -0.144. The number of benzene rings is 2. The van der Waals surface area contributed by atoms with Gasteiger partial charge in [0.05, 0.1) is 17.0 Å². The molecule has 3 aromatic rings. The number of fused-ring (bicyclic) bond motifs is 1. The lowest BCUT2D eigenvalue weighted by atomic mass is 10.0. The van der Waals surface area contributed by atoms with Crippen LogP contribution in [0.5, 0.6) is 0 Å². The molecule has 2 aromatic carbocycles. The Kier molecular flexibility index (Phi) is 6.73. The van der Waals surface area contributed by atoms with Crippen molar-refractivity contribution in [2.24, 2.45) is 0 Å². The molecule has 0 bridgehead atoms. The van der Waals surface area contributed by atoms with Crippen LogP contribution in [0, 0.1) is 0 Å². The Morgan fingerprint density at radius 1 is 1.20 bits per heavy atom. The van der Waals surface area contributed by atoms with Gasteiger partial charge in [-0.3, -0.25) is 9.36 Å². The maximum Gasteiger partial charge on any atom is 0.420 e. The Morgan fingerprint density at radius 3 is 2.63 bits per heavy atom. The average Bonchev–Trinajstić information content (AvgIpc) is 3.05. The van der Waals surface area contributed by atoms with Crippen LogP contribution in [-0.2, 0) is 26.1 Å². The van der Waals surface area contributed by atoms with E-state index >= 15 is 0 Å². The number of nitrogens with zero attached hydrogens (tertiary/aromatic N) is 1. The summed E-state index contributed by atoms with van der Waals surface area (Å²) in [4.78, 5) is 23.9. The van der Waals surface area contributed by atoms with Crippen LogP contribution in [0.3, 0.4) is 0 Å². The Morgan fingerprint density at radius 2 is 1.93 bits per heavy atom. The van der Waals surface area contributed by atoms with Crippen molar-refractivity contribution >= 4 is 27.1 Å². The number of carbonyl (C=O) groups is 1. The Hall–Kier alpha value is -2.91. The standard InChI is InChI=1S/C21H24N2O6S/c1-3-11-28-20(24)14-23-18-10-9-17(12-19(18)29-21(23)25)30(26,27)22-13-15(2)16-7-5-4-6-8-16/h4-10,12,15,22H,3,11,13-14H2,1-2H3. The molecule has 0 radical (unpaired) electrons. The normalized spacial score (nSPS) is 12.7. The first-order chi connectivity index (χ1) is 14.3. The van der Waals surface area contributed by atoms with Crippen LogP contribution in [0.2, 0.25) is 0 Å². The third kappa shape index (κ3) is 4.98. The van der Waals surface area contributed by atoms with Crippen LogP contribution in [0.4, 0.5) is 0 Å². The van der Waals surface area contributed by atoms with Crippen LogP contribution in [-0.4, -0.2) is 32.1 Å². The lowest BCUT2D eigenvalue weighted by Gasteiger charge is -2.13. The Labute approximate surface area is 174 Å². The molecule has 0 aliphatic rings. The van der Waals surface area contributed by atoms with Gasteiger partial charge in [-0.2, -0.15) is 0 Å². The molecule has 1 heterocycles. The van der Waals surface area contributed by atoms with Gasteiger partial charge in [-0.1, -0.05) is 44.2 Å². The highest BCUT2D eigenvalue weighted by atomic mass is 32.2. The van der Waals surface area contributed by atoms with E-state index in [1.807, 2.05) is 44.2 Å². The third-order valence-electron chi connectivity index (χ3n) is 4.65. The van der Waals surface area contributed by atoms with E-state index in [0.717, 1.165) is 10.1 Å². The topological polar surface area (TPSA) is 108 Å². The summed E-state index contributed by atoms with van der Waals surface area (Å²) < 4.78 is 39.2. The summed E-state index contributed by atoms with van der Waals surface area (Å²) in [5, 5.41) is 0. The van der Waals surface area contributed by atoms with Gasteiger partial charge in [0.1, 0.15) is 6.54 Å². The first-order valence-electron chi connectivity index (χ1n) is 9.65. The summed E-state index contributed by atoms with van der Waals surface area (Å²) in [5.74, 6) is -1.33. The van der Waals surface area contributed by atoms with Gasteiger partial charge in [-0.15, -0.1) is 0 Å². The maximum atomic E-state index is 12.7. The molecule has 0 aliphatic heterocycles. The number of rotatable bonds is 9. The van der Waals surface area contributed by atoms with Crippen molar-refractivity contribution in [3.8, 4) is 0 Å². The van der Waals surface area contributed by atoms with Crippen molar-refractivity contribution in [2.75, 3.05) is 13.2 Å². The van der Waals surface area contributed by atoms with Crippen molar-refractivity contribution < 1.29 is 22.4 Å². The second-order valence-corrected chi connectivity index (χ2v) is 8.73. The van der Waals surface area contributed by atoms with Crippen molar-refractivity contribution in [3.05, 3.63) is 64.6 Å². The molecule has 0 aliphatic carbocycles. The number of sulfonamides is 1. The van der Waals surface area contributed by atoms with Crippen LogP contribution >= 0.6 is 0 Å². The predicted molar refractivity (Wildman–Crippen MR) is 112 cm³/mol. The highest BCUT2D eigenvalue weighted by Crippen LogP contribution is 2.20. The summed E-state index contributed by atoms with van der Waals surface area (Å²) in [6.45, 7) is 3.98. The highest BCUT2D eigenvalue weighted by molar-refractivity contribution is 7.89. The SMILES string of the molecule is CCCOC(=O)Cn1c(=O)oc2cc(S(=O)(=O)NCC(C)c3ccccc3)ccc21. The number of hydrogen-bond donors (Lipinski definition) is 1. The zero-order chi connectivity index (χ0) is 21.7. The number of oxazole rings is 1. The monoisotopic (exact) mass is 432 g/mol. The molecule has 0 saturated carbocycles. The number of nitrogens with one attached hydrogen (secondary N) is 1. The minimum absolute atomic E-state index is 0.0159. The van der Waals surface area contributed by atoms with E-state index in [-0.39, 0.29) is 36.1 Å². The zero-order valence-corrected chi connectivity index (χ0v) is 17.6. The largest absolute Gasteiger partial charge is 0.464 e. The van der Waals surface area contributed by atoms with Crippen molar-refractivity contribution in [1.29, 1.82) is 0 Å². The molecule has 0 saturated heterocycles. The second kappa shape index (κ2) is 9.27. The molecule has 8 nitrogen and oxygen atoms in total. The minimum atomic E-state index is -3.81. The predicted octanol–water partition coefficient (Wildman–Crippen LogP) is 2.63. The van der Waals surface area contributed by atoms with E-state index in [4.69, 9.17) is 9.15 Å². The third-order valence-corrected chi connectivity index (χ3v) is 6.07. The number of esters is 1. The zero-order valence-electron chi connectivity index (χ0n) is 16.8. The summed E-state index contributed by atoms with van der Waals surface area (Å²) >= 11 is 0. The van der Waals surface area contributed by atoms with Gasteiger partial charge in [0, 0.05) is 12.6 Å². The fourth-order valence-electron chi connectivity index (χ4n) is 2.97. The van der Waals surface area contributed by atoms with E-state index in [0.29, 0.717) is 11.9 Å². The minimum Gasteiger partial charge on any atom is -0.464 e. The van der Waals surface area contributed by atoms with Gasteiger partial charge in [0.25, 0.3) is 0 Å². The van der Waals surface area contributed by atoms with Gasteiger partial charge in [-0.25, -0.2) is 17.9 Å². The molecule has 160 valence electrons. The number of ether oxygens (including phenoxy) is 1. The highest BCUT2D eigenvalue weighted by Gasteiger charge is 2.20. The summed E-state index contributed by atoms with van der Waals surface area (Å²) in [5.41, 5.74) is 1.43. The molecular formula is C21H24N2O6S. The molecular weight excluding hydrogens is 408 g/mol. The van der Waals surface area contributed by atoms with Gasteiger partial charge in [-0.05, 0) is 30.0 Å². The molecule has 0 fully saturated rings. The molecule has 1 N–H and O–H groups in total. The smallest absolute Gasteiger partial charge is 0.420 e. The first kappa shape index (κ1) is 21.8. The average molecular weight is 432 g/mol. The number of aromatic nitrogens is 1. The van der Waals surface area contributed by atoms with E-state index in [1.165, 1.54) is 18.2 Å². The molecule has 0 amide bonds. The van der Waals surface area contributed by atoms with Crippen molar-refractivity contribution in [1.82, 2.24) is 9.29 Å². The summed E-state index contributed by atoms with van der Waals surface area (Å²) in [7, 11) is -3.81. The summed E-state index contributed by atoms with van der Waals surface area (Å²) in [6.07, 6.45) is 0.671. The van der Waals surface area contributed by atoms with Gasteiger partial charge >= 0.3 is 11.7 Å². The Balaban J connectivity index is 1.77. The van der Waals surface area contributed by atoms with Crippen molar-refractivity contribution in [3.63, 3.8) is 0 Å². The van der Waals surface area contributed by atoms with Gasteiger partial charge in [0.2, 0.25) is 10.0 Å². The van der Waals surface area contributed by atoms with Crippen molar-refractivity contribution in [2.45, 2.75) is 37.6 Å². The molecule has 1 unspecified atom stereocenters. The number of carbonyl (C=O) groups excluding carboxylic acids is 1. The van der Waals surface area contributed by atoms with Crippen LogP contribution in [0.1, 0.15) is 31.7 Å². The first-order valence-corrected chi connectivity index (χ1v) is 11.1. The fourth-order valence-corrected chi connectivity index (χ4v) is 4.12. The molecule has 1 aromatic heterocycles. The van der Waals surface area contributed by atoms with Gasteiger partial charge in [0.15, 0.2) is 5.58 Å². The molecule has 3 rings (SSSR count). The van der Waals surface area contributed by atoms with Crippen LogP contribution in [0.15, 0.2) is 62.6 Å². The Bertz CT molecular complexity index is 1180. The van der Waals surface area contributed by atoms with E-state index in [9.17, 15) is 18.0 Å². The lowest BCUT2D eigenvalue weighted by Crippen LogP contribution is -2.27. The quantitative estimate of drug-likeness (QED) is 0.521. The second-order valence-electron chi connectivity index (χ2n) is 6.97. The van der Waals surface area contributed by atoms with E-state index in [2.05, 4.69) is 4.72 Å². The fraction of sp³-hybridized carbons (Fsp3) is 0.333. The van der Waals surface area contributed by atoms with Crippen LogP contribution in [0.25, 0.3) is 11.1 Å².